The smallest absolute Gasteiger partial charge is 0.0733 e. The van der Waals surface area contributed by atoms with E-state index in [0.717, 1.165) is 25.4 Å². The molecule has 2 atom stereocenters. The average Bonchev–Trinajstić information content (AvgIpc) is 2.38. The van der Waals surface area contributed by atoms with Crippen molar-refractivity contribution in [3.05, 3.63) is 0 Å². The van der Waals surface area contributed by atoms with Crippen molar-refractivity contribution in [2.45, 2.75) is 63.9 Å². The highest BCUT2D eigenvalue weighted by molar-refractivity contribution is 4.91. The number of hydrogen-bond acceptors (Lipinski definition) is 2. The second kappa shape index (κ2) is 6.25. The third-order valence-electron chi connectivity index (χ3n) is 4.14. The molecule has 2 heteroatoms. The van der Waals surface area contributed by atoms with Crippen LogP contribution in [0.3, 0.4) is 0 Å². The Balaban J connectivity index is 1.73. The van der Waals surface area contributed by atoms with E-state index < -0.39 is 0 Å². The Morgan fingerprint density at radius 1 is 0.938 bits per heavy atom. The number of hydrogen-bond donors (Lipinski definition) is 0. The molecule has 2 aliphatic carbocycles. The second-order valence-corrected chi connectivity index (χ2v) is 5.40. The lowest BCUT2D eigenvalue weighted by Gasteiger charge is -2.29. The molecule has 2 aliphatic rings. The second-order valence-electron chi connectivity index (χ2n) is 5.40. The highest BCUT2D eigenvalue weighted by Gasteiger charge is 2.26. The van der Waals surface area contributed by atoms with E-state index >= 15 is 0 Å². The third kappa shape index (κ3) is 3.22. The highest BCUT2D eigenvalue weighted by atomic mass is 16.5. The monoisotopic (exact) mass is 221 g/mol. The number of ether oxygens (including phenoxy) is 1. The van der Waals surface area contributed by atoms with Crippen molar-refractivity contribution >= 4 is 0 Å². The highest BCUT2D eigenvalue weighted by Crippen LogP contribution is 2.29. The predicted octanol–water partition coefficient (Wildman–Crippen LogP) is 3.67. The molecule has 16 heavy (non-hydrogen) atoms. The summed E-state index contributed by atoms with van der Waals surface area (Å²) in [6.45, 7) is 0.906. The van der Waals surface area contributed by atoms with Crippen LogP contribution in [0.1, 0.15) is 57.8 Å². The first kappa shape index (κ1) is 11.9. The van der Waals surface area contributed by atoms with Crippen LogP contribution in [0.4, 0.5) is 0 Å². The van der Waals surface area contributed by atoms with E-state index in [9.17, 15) is 0 Å². The third-order valence-corrected chi connectivity index (χ3v) is 4.14. The molecular formula is C14H23NO. The Kier molecular flexibility index (Phi) is 4.66. The molecule has 0 aliphatic heterocycles. The van der Waals surface area contributed by atoms with Crippen LogP contribution in [-0.4, -0.2) is 12.7 Å². The van der Waals surface area contributed by atoms with Crippen LogP contribution in [0, 0.1) is 23.2 Å². The van der Waals surface area contributed by atoms with Gasteiger partial charge in [0.15, 0.2) is 0 Å². The first-order valence-corrected chi connectivity index (χ1v) is 6.91. The normalized spacial score (nSPS) is 32.2. The molecule has 0 radical (unpaired) electrons. The molecule has 0 amide bonds. The Bertz CT molecular complexity index is 240. The maximum Gasteiger partial charge on any atom is 0.0733 e. The zero-order chi connectivity index (χ0) is 11.2. The zero-order valence-corrected chi connectivity index (χ0v) is 10.2. The van der Waals surface area contributed by atoms with E-state index in [1.54, 1.807) is 0 Å². The lowest BCUT2D eigenvalue weighted by Crippen LogP contribution is -2.29. The van der Waals surface area contributed by atoms with Gasteiger partial charge in [0.25, 0.3) is 0 Å². The van der Waals surface area contributed by atoms with Crippen molar-refractivity contribution in [2.24, 2.45) is 11.8 Å². The summed E-state index contributed by atoms with van der Waals surface area (Å²) in [4.78, 5) is 0. The first-order valence-electron chi connectivity index (χ1n) is 6.91. The molecule has 2 nitrogen and oxygen atoms in total. The van der Waals surface area contributed by atoms with E-state index in [-0.39, 0.29) is 12.0 Å². The van der Waals surface area contributed by atoms with E-state index in [4.69, 9.17) is 10.00 Å². The molecule has 2 fully saturated rings. The summed E-state index contributed by atoms with van der Waals surface area (Å²) in [5, 5.41) is 9.07. The summed E-state index contributed by atoms with van der Waals surface area (Å²) >= 11 is 0. The molecule has 0 spiro atoms. The van der Waals surface area contributed by atoms with Crippen LogP contribution in [0.5, 0.6) is 0 Å². The summed E-state index contributed by atoms with van der Waals surface area (Å²) in [6.07, 6.45) is 11.7. The van der Waals surface area contributed by atoms with Crippen molar-refractivity contribution in [1.29, 1.82) is 5.26 Å². The quantitative estimate of drug-likeness (QED) is 0.728. The van der Waals surface area contributed by atoms with Gasteiger partial charge in [0, 0.05) is 6.61 Å². The fourth-order valence-electron chi connectivity index (χ4n) is 3.06. The summed E-state index contributed by atoms with van der Waals surface area (Å²) in [5.74, 6) is 0.937. The zero-order valence-electron chi connectivity index (χ0n) is 10.2. The van der Waals surface area contributed by atoms with Crippen molar-refractivity contribution in [2.75, 3.05) is 6.61 Å². The van der Waals surface area contributed by atoms with Gasteiger partial charge >= 0.3 is 0 Å². The van der Waals surface area contributed by atoms with Crippen molar-refractivity contribution in [3.8, 4) is 6.07 Å². The molecule has 2 rings (SSSR count). The van der Waals surface area contributed by atoms with Crippen LogP contribution in [0.25, 0.3) is 0 Å². The van der Waals surface area contributed by atoms with Crippen molar-refractivity contribution in [3.63, 3.8) is 0 Å². The molecule has 0 bridgehead atoms. The van der Waals surface area contributed by atoms with Gasteiger partial charge in [-0.15, -0.1) is 0 Å². The minimum Gasteiger partial charge on any atom is -0.377 e. The van der Waals surface area contributed by atoms with Crippen LogP contribution < -0.4 is 0 Å². The van der Waals surface area contributed by atoms with Gasteiger partial charge in [-0.2, -0.15) is 5.26 Å². The van der Waals surface area contributed by atoms with E-state index in [1.165, 1.54) is 44.9 Å². The summed E-state index contributed by atoms with van der Waals surface area (Å²) in [5.41, 5.74) is 0. The maximum atomic E-state index is 9.07. The van der Waals surface area contributed by atoms with E-state index in [0.29, 0.717) is 0 Å². The number of rotatable bonds is 3. The van der Waals surface area contributed by atoms with Crippen molar-refractivity contribution in [1.82, 2.24) is 0 Å². The van der Waals surface area contributed by atoms with Gasteiger partial charge in [-0.25, -0.2) is 0 Å². The molecule has 2 saturated carbocycles. The molecule has 90 valence electrons. The van der Waals surface area contributed by atoms with Gasteiger partial charge in [-0.1, -0.05) is 32.1 Å². The molecule has 0 heterocycles. The molecule has 0 aromatic rings. The Morgan fingerprint density at radius 3 is 2.38 bits per heavy atom. The standard InChI is InChI=1S/C14H23NO/c15-10-13-8-4-5-9-14(13)16-11-12-6-2-1-3-7-12/h12-14H,1-9,11H2. The maximum absolute atomic E-state index is 9.07. The van der Waals surface area contributed by atoms with Crippen molar-refractivity contribution < 1.29 is 4.74 Å². The molecule has 2 unspecified atom stereocenters. The summed E-state index contributed by atoms with van der Waals surface area (Å²) < 4.78 is 6.00. The van der Waals surface area contributed by atoms with Crippen LogP contribution in [0.2, 0.25) is 0 Å². The first-order chi connectivity index (χ1) is 7.90. The van der Waals surface area contributed by atoms with Gasteiger partial charge in [0.1, 0.15) is 0 Å². The lowest BCUT2D eigenvalue weighted by atomic mass is 9.87. The van der Waals surface area contributed by atoms with E-state index in [1.807, 2.05) is 0 Å². The van der Waals surface area contributed by atoms with Gasteiger partial charge < -0.3 is 4.74 Å². The van der Waals surface area contributed by atoms with Gasteiger partial charge in [0.05, 0.1) is 18.1 Å². The summed E-state index contributed by atoms with van der Waals surface area (Å²) in [7, 11) is 0. The van der Waals surface area contributed by atoms with E-state index in [2.05, 4.69) is 6.07 Å². The molecule has 0 N–H and O–H groups in total. The Morgan fingerprint density at radius 2 is 1.62 bits per heavy atom. The molecule has 0 aromatic carbocycles. The number of nitrogens with zero attached hydrogens (tertiary/aromatic N) is 1. The van der Waals surface area contributed by atoms with Gasteiger partial charge in [-0.05, 0) is 31.6 Å². The predicted molar refractivity (Wildman–Crippen MR) is 63.9 cm³/mol. The fourth-order valence-corrected chi connectivity index (χ4v) is 3.06. The fraction of sp³-hybridized carbons (Fsp3) is 0.929. The van der Waals surface area contributed by atoms with Crippen LogP contribution in [-0.2, 0) is 4.74 Å². The Hall–Kier alpha value is -0.550. The van der Waals surface area contributed by atoms with Gasteiger partial charge in [0.2, 0.25) is 0 Å². The average molecular weight is 221 g/mol. The lowest BCUT2D eigenvalue weighted by molar-refractivity contribution is -0.0176. The van der Waals surface area contributed by atoms with Gasteiger partial charge in [-0.3, -0.25) is 0 Å². The largest absolute Gasteiger partial charge is 0.377 e. The number of nitriles is 1. The summed E-state index contributed by atoms with van der Waals surface area (Å²) in [6, 6.07) is 2.42. The SMILES string of the molecule is N#CC1CCCCC1OCC1CCCCC1. The van der Waals surface area contributed by atoms with Crippen LogP contribution in [0.15, 0.2) is 0 Å². The molecule has 0 saturated heterocycles. The molecular weight excluding hydrogens is 198 g/mol. The minimum absolute atomic E-state index is 0.164. The topological polar surface area (TPSA) is 33.0 Å². The molecule has 0 aromatic heterocycles. The Labute approximate surface area is 99.0 Å². The minimum atomic E-state index is 0.164. The van der Waals surface area contributed by atoms with Crippen LogP contribution >= 0.6 is 0 Å².